The molecule has 150 valence electrons. The molecule has 0 atom stereocenters. The van der Waals surface area contributed by atoms with Gasteiger partial charge in [0, 0.05) is 32.1 Å². The van der Waals surface area contributed by atoms with Gasteiger partial charge in [-0.25, -0.2) is 4.39 Å². The van der Waals surface area contributed by atoms with Crippen molar-refractivity contribution < 1.29 is 14.0 Å². The highest BCUT2D eigenvalue weighted by molar-refractivity contribution is 6.21. The minimum Gasteiger partial charge on any atom is -0.356 e. The molecule has 2 amide bonds. The van der Waals surface area contributed by atoms with Crippen molar-refractivity contribution in [3.8, 4) is 0 Å². The summed E-state index contributed by atoms with van der Waals surface area (Å²) >= 11 is 0. The van der Waals surface area contributed by atoms with Crippen LogP contribution in [0.3, 0.4) is 0 Å². The fourth-order valence-corrected chi connectivity index (χ4v) is 3.79. The SMILES string of the molecule is CN=C(NCCN1C(=O)c2ccccc2C1=O)NCC1(c2ccccc2F)CC1. The van der Waals surface area contributed by atoms with Crippen molar-refractivity contribution in [3.63, 3.8) is 0 Å². The Morgan fingerprint density at radius 3 is 2.24 bits per heavy atom. The van der Waals surface area contributed by atoms with Crippen LogP contribution in [0.1, 0.15) is 39.1 Å². The third-order valence-corrected chi connectivity index (χ3v) is 5.62. The van der Waals surface area contributed by atoms with E-state index in [1.807, 2.05) is 12.1 Å². The highest BCUT2D eigenvalue weighted by Crippen LogP contribution is 2.48. The largest absolute Gasteiger partial charge is 0.356 e. The number of amides is 2. The summed E-state index contributed by atoms with van der Waals surface area (Å²) in [7, 11) is 1.65. The van der Waals surface area contributed by atoms with Crippen LogP contribution in [0.15, 0.2) is 53.5 Å². The summed E-state index contributed by atoms with van der Waals surface area (Å²) in [5.41, 5.74) is 1.42. The van der Waals surface area contributed by atoms with Crippen LogP contribution >= 0.6 is 0 Å². The van der Waals surface area contributed by atoms with Gasteiger partial charge in [0.05, 0.1) is 11.1 Å². The number of fused-ring (bicyclic) bond motifs is 1. The van der Waals surface area contributed by atoms with E-state index in [1.165, 1.54) is 11.0 Å². The standard InChI is InChI=1S/C22H23FN4O2/c1-24-21(26-14-22(10-11-22)17-8-4-5-9-18(17)23)25-12-13-27-19(28)15-6-2-3-7-16(15)20(27)29/h2-9H,10-14H2,1H3,(H2,24,25,26). The Labute approximate surface area is 168 Å². The molecule has 0 unspecified atom stereocenters. The summed E-state index contributed by atoms with van der Waals surface area (Å²) in [4.78, 5) is 30.2. The third-order valence-electron chi connectivity index (χ3n) is 5.62. The Balaban J connectivity index is 1.31. The Morgan fingerprint density at radius 1 is 1.03 bits per heavy atom. The first-order chi connectivity index (χ1) is 14.1. The van der Waals surface area contributed by atoms with Crippen LogP contribution in [-0.2, 0) is 5.41 Å². The maximum absolute atomic E-state index is 14.1. The number of hydrogen-bond donors (Lipinski definition) is 2. The molecule has 1 aliphatic carbocycles. The summed E-state index contributed by atoms with van der Waals surface area (Å²) < 4.78 is 14.1. The average molecular weight is 394 g/mol. The lowest BCUT2D eigenvalue weighted by Crippen LogP contribution is -2.45. The summed E-state index contributed by atoms with van der Waals surface area (Å²) in [5, 5.41) is 6.38. The molecule has 7 heteroatoms. The lowest BCUT2D eigenvalue weighted by Gasteiger charge is -2.20. The highest BCUT2D eigenvalue weighted by atomic mass is 19.1. The van der Waals surface area contributed by atoms with Gasteiger partial charge in [-0.1, -0.05) is 30.3 Å². The first kappa shape index (κ1) is 19.1. The van der Waals surface area contributed by atoms with Crippen LogP contribution in [0.2, 0.25) is 0 Å². The van der Waals surface area contributed by atoms with Gasteiger partial charge in [0.15, 0.2) is 5.96 Å². The molecule has 1 saturated carbocycles. The molecule has 29 heavy (non-hydrogen) atoms. The van der Waals surface area contributed by atoms with Crippen molar-refractivity contribution in [1.82, 2.24) is 15.5 Å². The van der Waals surface area contributed by atoms with E-state index in [0.29, 0.717) is 30.2 Å². The van der Waals surface area contributed by atoms with E-state index in [0.717, 1.165) is 18.4 Å². The second kappa shape index (κ2) is 7.66. The zero-order valence-corrected chi connectivity index (χ0v) is 16.2. The third kappa shape index (κ3) is 3.60. The van der Waals surface area contributed by atoms with E-state index in [2.05, 4.69) is 15.6 Å². The minimum absolute atomic E-state index is 0.180. The zero-order chi connectivity index (χ0) is 20.4. The van der Waals surface area contributed by atoms with E-state index in [-0.39, 0.29) is 29.6 Å². The van der Waals surface area contributed by atoms with Gasteiger partial charge in [-0.2, -0.15) is 0 Å². The van der Waals surface area contributed by atoms with Gasteiger partial charge in [0.2, 0.25) is 0 Å². The van der Waals surface area contributed by atoms with E-state index < -0.39 is 0 Å². The molecular weight excluding hydrogens is 371 g/mol. The molecule has 1 fully saturated rings. The van der Waals surface area contributed by atoms with Gasteiger partial charge >= 0.3 is 0 Å². The number of guanidine groups is 1. The average Bonchev–Trinajstić information content (AvgIpc) is 3.49. The van der Waals surface area contributed by atoms with Crippen molar-refractivity contribution in [1.29, 1.82) is 0 Å². The summed E-state index contributed by atoms with van der Waals surface area (Å²) in [6, 6.07) is 13.7. The van der Waals surface area contributed by atoms with Crippen molar-refractivity contribution in [2.75, 3.05) is 26.7 Å². The Bertz CT molecular complexity index is 949. The molecule has 2 N–H and O–H groups in total. The molecule has 0 aromatic heterocycles. The molecule has 0 bridgehead atoms. The number of benzene rings is 2. The number of imide groups is 1. The molecular formula is C22H23FN4O2. The van der Waals surface area contributed by atoms with Crippen LogP contribution in [-0.4, -0.2) is 49.4 Å². The van der Waals surface area contributed by atoms with Gasteiger partial charge in [-0.3, -0.25) is 19.5 Å². The van der Waals surface area contributed by atoms with Gasteiger partial charge in [-0.05, 0) is 36.6 Å². The Hall–Kier alpha value is -3.22. The summed E-state index contributed by atoms with van der Waals surface area (Å²) in [6.07, 6.45) is 1.85. The number of carbonyl (C=O) groups is 2. The van der Waals surface area contributed by atoms with Crippen LogP contribution in [0.4, 0.5) is 4.39 Å². The lowest BCUT2D eigenvalue weighted by molar-refractivity contribution is 0.0657. The number of aliphatic imine (C=N–C) groups is 1. The molecule has 2 aliphatic rings. The fraction of sp³-hybridized carbons (Fsp3) is 0.318. The van der Waals surface area contributed by atoms with Crippen LogP contribution in [0, 0.1) is 5.82 Å². The number of nitrogens with zero attached hydrogens (tertiary/aromatic N) is 2. The predicted octanol–water partition coefficient (Wildman–Crippen LogP) is 2.32. The monoisotopic (exact) mass is 394 g/mol. The minimum atomic E-state index is -0.271. The predicted molar refractivity (Wildman–Crippen MR) is 108 cm³/mol. The van der Waals surface area contributed by atoms with Crippen molar-refractivity contribution in [2.24, 2.45) is 4.99 Å². The van der Waals surface area contributed by atoms with Crippen molar-refractivity contribution >= 4 is 17.8 Å². The molecule has 4 rings (SSSR count). The zero-order valence-electron chi connectivity index (χ0n) is 16.2. The first-order valence-electron chi connectivity index (χ1n) is 9.70. The van der Waals surface area contributed by atoms with E-state index in [9.17, 15) is 14.0 Å². The number of hydrogen-bond acceptors (Lipinski definition) is 3. The number of rotatable bonds is 6. The molecule has 0 saturated heterocycles. The van der Waals surface area contributed by atoms with Gasteiger partial charge in [-0.15, -0.1) is 0 Å². The normalized spacial score (nSPS) is 17.3. The number of carbonyl (C=O) groups excluding carboxylic acids is 2. The second-order valence-corrected chi connectivity index (χ2v) is 7.42. The van der Waals surface area contributed by atoms with Gasteiger partial charge in [0.25, 0.3) is 11.8 Å². The number of nitrogens with one attached hydrogen (secondary N) is 2. The molecule has 1 heterocycles. The molecule has 0 spiro atoms. The van der Waals surface area contributed by atoms with Crippen molar-refractivity contribution in [3.05, 3.63) is 71.0 Å². The summed E-state index contributed by atoms with van der Waals surface area (Å²) in [6.45, 7) is 1.18. The first-order valence-corrected chi connectivity index (χ1v) is 9.70. The lowest BCUT2D eigenvalue weighted by atomic mass is 9.95. The van der Waals surface area contributed by atoms with Gasteiger partial charge in [0.1, 0.15) is 5.82 Å². The maximum Gasteiger partial charge on any atom is 0.261 e. The Kier molecular flexibility index (Phi) is 5.05. The van der Waals surface area contributed by atoms with E-state index >= 15 is 0 Å². The smallest absolute Gasteiger partial charge is 0.261 e. The molecule has 1 aliphatic heterocycles. The van der Waals surface area contributed by atoms with Crippen LogP contribution in [0.5, 0.6) is 0 Å². The fourth-order valence-electron chi connectivity index (χ4n) is 3.79. The van der Waals surface area contributed by atoms with E-state index in [4.69, 9.17) is 0 Å². The topological polar surface area (TPSA) is 73.8 Å². The van der Waals surface area contributed by atoms with Crippen LogP contribution in [0.25, 0.3) is 0 Å². The summed E-state index contributed by atoms with van der Waals surface area (Å²) in [5.74, 6) is -0.164. The van der Waals surface area contributed by atoms with E-state index in [1.54, 1.807) is 37.4 Å². The molecule has 2 aromatic rings. The van der Waals surface area contributed by atoms with Gasteiger partial charge < -0.3 is 10.6 Å². The Morgan fingerprint density at radius 2 is 1.66 bits per heavy atom. The number of halogens is 1. The molecule has 2 aromatic carbocycles. The molecule has 6 nitrogen and oxygen atoms in total. The quantitative estimate of drug-likeness (QED) is 0.448. The highest BCUT2D eigenvalue weighted by Gasteiger charge is 2.45. The second-order valence-electron chi connectivity index (χ2n) is 7.42. The molecule has 0 radical (unpaired) electrons. The van der Waals surface area contributed by atoms with Crippen LogP contribution < -0.4 is 10.6 Å². The maximum atomic E-state index is 14.1. The van der Waals surface area contributed by atoms with Crippen molar-refractivity contribution in [2.45, 2.75) is 18.3 Å².